The molecule has 0 aromatic heterocycles. The number of likely N-dealkylation sites (tertiary alicyclic amines) is 1. The van der Waals surface area contributed by atoms with Crippen LogP contribution in [-0.2, 0) is 9.84 Å². The van der Waals surface area contributed by atoms with Crippen molar-refractivity contribution in [1.29, 1.82) is 0 Å². The lowest BCUT2D eigenvalue weighted by Gasteiger charge is -2.49. The number of hydrogen-bond donors (Lipinski definition) is 1. The minimum Gasteiger partial charge on any atom is -0.387 e. The minimum absolute atomic E-state index is 0.193. The van der Waals surface area contributed by atoms with E-state index >= 15 is 0 Å². The summed E-state index contributed by atoms with van der Waals surface area (Å²) in [7, 11) is -2.95. The van der Waals surface area contributed by atoms with E-state index in [-0.39, 0.29) is 16.9 Å². The molecule has 1 heterocycles. The third-order valence-corrected chi connectivity index (χ3v) is 5.67. The smallest absolute Gasteiger partial charge is 0.153 e. The summed E-state index contributed by atoms with van der Waals surface area (Å²) in [5, 5.41) is 9.70. The minimum atomic E-state index is -2.95. The average molecular weight is 249 g/mol. The summed E-state index contributed by atoms with van der Waals surface area (Å²) in [5.74, 6) is 0.421. The molecule has 0 saturated carbocycles. The predicted octanol–water partition coefficient (Wildman–Crippen LogP) is 0.512. The second kappa shape index (κ2) is 4.63. The van der Waals surface area contributed by atoms with Gasteiger partial charge in [-0.2, -0.15) is 0 Å². The van der Waals surface area contributed by atoms with Gasteiger partial charge in [-0.25, -0.2) is 8.42 Å². The molecule has 0 unspecified atom stereocenters. The van der Waals surface area contributed by atoms with Crippen molar-refractivity contribution in [3.8, 4) is 0 Å². The first kappa shape index (κ1) is 13.9. The van der Waals surface area contributed by atoms with Crippen molar-refractivity contribution in [3.63, 3.8) is 0 Å². The maximum Gasteiger partial charge on any atom is 0.153 e. The number of β-amino-alcohol motifs (C(OH)–C–C–N with tert-alkyl or cyclic N) is 1. The van der Waals surface area contributed by atoms with E-state index in [9.17, 15) is 13.5 Å². The largest absolute Gasteiger partial charge is 0.387 e. The molecular weight excluding hydrogens is 226 g/mol. The highest BCUT2D eigenvalue weighted by molar-refractivity contribution is 7.92. The van der Waals surface area contributed by atoms with Crippen LogP contribution in [-0.4, -0.2) is 54.7 Å². The number of hydrogen-bond acceptors (Lipinski definition) is 4. The van der Waals surface area contributed by atoms with Crippen molar-refractivity contribution < 1.29 is 13.5 Å². The van der Waals surface area contributed by atoms with E-state index in [4.69, 9.17) is 0 Å². The Morgan fingerprint density at radius 1 is 1.25 bits per heavy atom. The molecule has 4 nitrogen and oxygen atoms in total. The highest BCUT2D eigenvalue weighted by Gasteiger charge is 2.43. The van der Waals surface area contributed by atoms with Gasteiger partial charge in [0.15, 0.2) is 9.84 Å². The molecule has 1 aliphatic rings. The van der Waals surface area contributed by atoms with Crippen LogP contribution in [0.3, 0.4) is 0 Å². The van der Waals surface area contributed by atoms with Gasteiger partial charge in [0.1, 0.15) is 0 Å². The molecule has 0 aromatic carbocycles. The Bertz CT molecular complexity index is 329. The first-order valence-corrected chi connectivity index (χ1v) is 7.55. The lowest BCUT2D eigenvalue weighted by Crippen LogP contribution is -2.65. The Labute approximate surface area is 98.6 Å². The van der Waals surface area contributed by atoms with E-state index in [1.54, 1.807) is 13.8 Å². The van der Waals surface area contributed by atoms with Crippen LogP contribution >= 0.6 is 0 Å². The summed E-state index contributed by atoms with van der Waals surface area (Å²) in [5.41, 5.74) is -0.610. The third-order valence-electron chi connectivity index (χ3n) is 3.48. The van der Waals surface area contributed by atoms with Crippen LogP contribution in [0.1, 0.15) is 27.7 Å². The highest BCUT2D eigenvalue weighted by Crippen LogP contribution is 2.28. The van der Waals surface area contributed by atoms with Gasteiger partial charge in [0, 0.05) is 19.6 Å². The number of aliphatic hydroxyl groups is 1. The summed E-state index contributed by atoms with van der Waals surface area (Å²) in [6, 6.07) is 0. The molecule has 0 atom stereocenters. The third kappa shape index (κ3) is 2.96. The summed E-state index contributed by atoms with van der Waals surface area (Å²) in [6.45, 7) is 9.11. The Kier molecular flexibility index (Phi) is 4.03. The summed E-state index contributed by atoms with van der Waals surface area (Å²) >= 11 is 0. The maximum atomic E-state index is 11.6. The first-order valence-electron chi connectivity index (χ1n) is 5.84. The van der Waals surface area contributed by atoms with Crippen LogP contribution in [0.2, 0.25) is 0 Å². The van der Waals surface area contributed by atoms with Gasteiger partial charge in [-0.3, -0.25) is 4.90 Å². The van der Waals surface area contributed by atoms with Crippen molar-refractivity contribution >= 4 is 9.84 Å². The molecule has 0 bridgehead atoms. The normalized spacial score (nSPS) is 21.4. The molecule has 0 spiro atoms. The van der Waals surface area contributed by atoms with Gasteiger partial charge in [0.2, 0.25) is 0 Å². The van der Waals surface area contributed by atoms with E-state index in [0.29, 0.717) is 19.6 Å². The fraction of sp³-hybridized carbons (Fsp3) is 1.00. The van der Waals surface area contributed by atoms with E-state index in [1.165, 1.54) is 0 Å². The average Bonchev–Trinajstić information content (AvgIpc) is 2.09. The van der Waals surface area contributed by atoms with Gasteiger partial charge in [0.05, 0.1) is 16.6 Å². The molecule has 16 heavy (non-hydrogen) atoms. The lowest BCUT2D eigenvalue weighted by atomic mass is 9.83. The van der Waals surface area contributed by atoms with Crippen LogP contribution in [0.4, 0.5) is 0 Å². The Morgan fingerprint density at radius 2 is 1.75 bits per heavy atom. The molecule has 0 aromatic rings. The van der Waals surface area contributed by atoms with Crippen molar-refractivity contribution in [1.82, 2.24) is 4.90 Å². The van der Waals surface area contributed by atoms with Crippen molar-refractivity contribution in [2.75, 3.05) is 25.4 Å². The lowest BCUT2D eigenvalue weighted by molar-refractivity contribution is -0.125. The van der Waals surface area contributed by atoms with Crippen molar-refractivity contribution in [2.24, 2.45) is 5.92 Å². The van der Waals surface area contributed by atoms with Gasteiger partial charge in [-0.15, -0.1) is 0 Å². The molecular formula is C11H23NO3S. The molecule has 1 fully saturated rings. The van der Waals surface area contributed by atoms with E-state index in [2.05, 4.69) is 0 Å². The van der Waals surface area contributed by atoms with E-state index < -0.39 is 15.4 Å². The maximum absolute atomic E-state index is 11.6. The molecule has 1 aliphatic heterocycles. The van der Waals surface area contributed by atoms with Gasteiger partial charge >= 0.3 is 0 Å². The summed E-state index contributed by atoms with van der Waals surface area (Å²) in [6.07, 6.45) is 0. The van der Waals surface area contributed by atoms with Gasteiger partial charge in [-0.05, 0) is 19.8 Å². The number of nitrogens with zero attached hydrogens (tertiary/aromatic N) is 1. The zero-order valence-electron chi connectivity index (χ0n) is 10.6. The van der Waals surface area contributed by atoms with Gasteiger partial charge in [-0.1, -0.05) is 13.8 Å². The van der Waals surface area contributed by atoms with Gasteiger partial charge < -0.3 is 5.11 Å². The molecule has 5 heteroatoms. The fourth-order valence-corrected chi connectivity index (χ4v) is 2.73. The second-order valence-corrected chi connectivity index (χ2v) is 8.06. The SMILES string of the molecule is CC(C)C1(O)CN(CCS(=O)(=O)C(C)C)C1. The zero-order valence-corrected chi connectivity index (χ0v) is 11.4. The Hall–Kier alpha value is -0.130. The van der Waals surface area contributed by atoms with Crippen LogP contribution < -0.4 is 0 Å². The molecule has 1 saturated heterocycles. The zero-order chi connectivity index (χ0) is 12.6. The first-order chi connectivity index (χ1) is 7.17. The molecule has 1 rings (SSSR count). The van der Waals surface area contributed by atoms with E-state index in [0.717, 1.165) is 0 Å². The topological polar surface area (TPSA) is 57.6 Å². The molecule has 0 amide bonds. The number of rotatable bonds is 5. The summed E-state index contributed by atoms with van der Waals surface area (Å²) in [4.78, 5) is 2.00. The van der Waals surface area contributed by atoms with Crippen molar-refractivity contribution in [2.45, 2.75) is 38.5 Å². The van der Waals surface area contributed by atoms with Gasteiger partial charge in [0.25, 0.3) is 0 Å². The van der Waals surface area contributed by atoms with Crippen LogP contribution in [0.25, 0.3) is 0 Å². The van der Waals surface area contributed by atoms with Crippen LogP contribution in [0, 0.1) is 5.92 Å². The van der Waals surface area contributed by atoms with E-state index in [1.807, 2.05) is 18.7 Å². The number of sulfone groups is 1. The summed E-state index contributed by atoms with van der Waals surface area (Å²) < 4.78 is 23.2. The molecule has 0 aliphatic carbocycles. The monoisotopic (exact) mass is 249 g/mol. The standard InChI is InChI=1S/C11H23NO3S/c1-9(2)11(13)7-12(8-11)5-6-16(14,15)10(3)4/h9-10,13H,5-8H2,1-4H3. The molecule has 1 N–H and O–H groups in total. The Morgan fingerprint density at radius 3 is 2.12 bits per heavy atom. The second-order valence-electron chi connectivity index (χ2n) is 5.38. The molecule has 96 valence electrons. The molecule has 0 radical (unpaired) electrons. The van der Waals surface area contributed by atoms with Crippen molar-refractivity contribution in [3.05, 3.63) is 0 Å². The Balaban J connectivity index is 2.35. The quantitative estimate of drug-likeness (QED) is 0.771. The fourth-order valence-electron chi connectivity index (χ4n) is 1.74. The highest BCUT2D eigenvalue weighted by atomic mass is 32.2. The van der Waals surface area contributed by atoms with Crippen LogP contribution in [0.15, 0.2) is 0 Å². The predicted molar refractivity (Wildman–Crippen MR) is 65.2 cm³/mol. The van der Waals surface area contributed by atoms with Crippen LogP contribution in [0.5, 0.6) is 0 Å².